The Morgan fingerprint density at radius 1 is 0.521 bits per heavy atom. The van der Waals surface area contributed by atoms with E-state index in [1.807, 2.05) is 26.0 Å². The zero-order chi connectivity index (χ0) is 84.2. The molecular weight excluding hydrogens is 1570 g/mol. The largest absolute Gasteiger partial charge is 0.494 e. The molecule has 1 fully saturated rings. The molecule has 0 unspecified atom stereocenters. The van der Waals surface area contributed by atoms with E-state index in [2.05, 4.69) is 40.7 Å². The normalized spacial score (nSPS) is 12.8. The molecule has 5 amide bonds. The molecule has 0 aliphatic carbocycles. The Kier molecular flexibility index (Phi) is 38.1. The highest BCUT2D eigenvalue weighted by molar-refractivity contribution is 7.85. The Hall–Kier alpha value is -9.87. The van der Waals surface area contributed by atoms with Crippen LogP contribution in [0.25, 0.3) is 22.1 Å². The number of allylic oxidation sites excluding steroid dienone is 2. The summed E-state index contributed by atoms with van der Waals surface area (Å²) in [5, 5.41) is 17.6. The Bertz CT molecular complexity index is 4550. The van der Waals surface area contributed by atoms with Crippen molar-refractivity contribution in [3.05, 3.63) is 106 Å². The van der Waals surface area contributed by atoms with Crippen molar-refractivity contribution < 1.29 is 126 Å². The molecule has 1 saturated heterocycles. The molecule has 644 valence electrons. The van der Waals surface area contributed by atoms with Crippen molar-refractivity contribution in [2.75, 3.05) is 209 Å². The van der Waals surface area contributed by atoms with Crippen LogP contribution in [0, 0.1) is 37.1 Å². The predicted octanol–water partition coefficient (Wildman–Crippen LogP) is 4.48. The molecule has 3 aromatic carbocycles. The minimum absolute atomic E-state index is 0.00573. The topological polar surface area (TPSA) is 452 Å². The van der Waals surface area contributed by atoms with E-state index in [1.54, 1.807) is 56.6 Å². The van der Waals surface area contributed by atoms with Crippen molar-refractivity contribution in [3.8, 4) is 17.2 Å². The van der Waals surface area contributed by atoms with Gasteiger partial charge in [0.25, 0.3) is 11.8 Å². The molecule has 1 aliphatic rings. The number of hydrogen-bond acceptors (Lipinski definition) is 28. The monoisotopic (exact) mass is 1680 g/mol. The number of nitrogens with zero attached hydrogens (tertiary/aromatic N) is 10. The van der Waals surface area contributed by atoms with Gasteiger partial charge in [0.05, 0.1) is 175 Å². The lowest BCUT2D eigenvalue weighted by molar-refractivity contribution is -0.136. The second-order valence-electron chi connectivity index (χ2n) is 25.7. The predicted molar refractivity (Wildman–Crippen MR) is 410 cm³/mol. The molecule has 43 heteroatoms. The SMILES string of the molecule is CCn1nc(C)cc1C(=O)Nc1nc2cc(C(N)=O)cc(OC)c2n1C/C=C/Cn1c(NC(=O)c2cc(C)nn2CC)nc2cc(C(N)=O)cc(OCCCN3CCN(CCNC(=O)OCCOCCOCCOCCOCCOCCOCCOCCOCCOCCOCCC(=O)Oc4c(F)c(F)c(S(=O)(=O)O)c(F)c4F)CC3)c21. The first-order valence-electron chi connectivity index (χ1n) is 37.8. The zero-order valence-electron chi connectivity index (χ0n) is 65.8. The first-order chi connectivity index (χ1) is 56.4. The van der Waals surface area contributed by atoms with Gasteiger partial charge >= 0.3 is 22.2 Å². The second kappa shape index (κ2) is 48.1. The van der Waals surface area contributed by atoms with Crippen molar-refractivity contribution in [2.45, 2.75) is 71.6 Å². The highest BCUT2D eigenvalue weighted by Crippen LogP contribution is 2.35. The number of esters is 1. The number of rotatable bonds is 56. The number of nitrogens with one attached hydrogen (secondary N) is 3. The maximum Gasteiger partial charge on any atom is 0.407 e. The van der Waals surface area contributed by atoms with E-state index in [0.717, 1.165) is 26.2 Å². The fraction of sp³-hybridized carbons (Fsp3) is 0.541. The molecule has 5 heterocycles. The number of imidazole rings is 2. The van der Waals surface area contributed by atoms with Crippen molar-refractivity contribution in [1.82, 2.24) is 53.8 Å². The third-order valence-electron chi connectivity index (χ3n) is 17.4. The standard InChI is InChI=1S/C74H101F4N15O23S/c1-6-92-55(43-49(3)86-92)70(97)84-72-82-53-45-51(68(79)95)47-57(103-5)64(53)90(72)14-8-9-15-91-65-54(83-73(91)85-71(98)56-44-50(4)87-93(56)7-2)46-52(69(80)96)48-58(65)114-21-10-13-88-17-19-89(20-18-88)16-12-81-74(99)115-42-41-113-40-39-112-38-37-111-36-35-110-34-33-109-32-31-108-30-29-107-28-27-106-26-25-105-24-23-104-22-11-59(94)116-66-60(75)62(77)67(117(100,101)102)63(78)61(66)76/h8-9,43-48H,6-7,10-42H2,1-5H3,(H2,79,95)(H2,80,96)(H,81,99)(H,82,84,97)(H,83,85,98)(H,100,101,102)/b9-8+. The molecular formula is C74H101F4N15O23S. The average Bonchev–Trinajstić information content (AvgIpc) is 1.74. The van der Waals surface area contributed by atoms with Gasteiger partial charge in [-0.15, -0.1) is 0 Å². The van der Waals surface area contributed by atoms with E-state index in [1.165, 1.54) is 19.2 Å². The fourth-order valence-electron chi connectivity index (χ4n) is 11.8. The van der Waals surface area contributed by atoms with Crippen LogP contribution in [-0.4, -0.2) is 295 Å². The van der Waals surface area contributed by atoms with Crippen LogP contribution < -0.4 is 41.6 Å². The van der Waals surface area contributed by atoms with Crippen molar-refractivity contribution >= 4 is 79.8 Å². The molecule has 1 aliphatic heterocycles. The molecule has 4 aromatic heterocycles. The summed E-state index contributed by atoms with van der Waals surface area (Å²) >= 11 is 0. The van der Waals surface area contributed by atoms with Gasteiger partial charge in [-0.05, 0) is 70.5 Å². The maximum atomic E-state index is 14.1. The summed E-state index contributed by atoms with van der Waals surface area (Å²) in [5.41, 5.74) is 15.4. The lowest BCUT2D eigenvalue weighted by Gasteiger charge is -2.34. The molecule has 8 rings (SSSR count). The lowest BCUT2D eigenvalue weighted by atomic mass is 10.1. The number of amides is 5. The number of aromatic nitrogens is 8. The number of nitrogens with two attached hydrogens (primary N) is 2. The molecule has 0 radical (unpaired) electrons. The summed E-state index contributed by atoms with van der Waals surface area (Å²) in [5.74, 6) is -14.2. The fourth-order valence-corrected chi connectivity index (χ4v) is 12.4. The van der Waals surface area contributed by atoms with Gasteiger partial charge in [0.1, 0.15) is 40.5 Å². The quantitative estimate of drug-likeness (QED) is 0.00582. The van der Waals surface area contributed by atoms with E-state index in [0.29, 0.717) is 182 Å². The number of ether oxygens (including phenoxy) is 14. The summed E-state index contributed by atoms with van der Waals surface area (Å²) < 4.78 is 170. The summed E-state index contributed by atoms with van der Waals surface area (Å²) in [6, 6.07) is 9.48. The maximum absolute atomic E-state index is 14.1. The number of piperazine rings is 1. The molecule has 0 atom stereocenters. The molecule has 38 nitrogen and oxygen atoms in total. The summed E-state index contributed by atoms with van der Waals surface area (Å²) in [6.45, 7) is 19.0. The van der Waals surface area contributed by atoms with Crippen molar-refractivity contribution in [1.29, 1.82) is 0 Å². The summed E-state index contributed by atoms with van der Waals surface area (Å²) in [6.07, 6.45) is 3.15. The van der Waals surface area contributed by atoms with Crippen molar-refractivity contribution in [2.24, 2.45) is 11.5 Å². The van der Waals surface area contributed by atoms with E-state index in [9.17, 15) is 54.7 Å². The Balaban J connectivity index is 0.624. The number of hydrogen-bond donors (Lipinski definition) is 6. The number of fused-ring (bicyclic) bond motifs is 2. The van der Waals surface area contributed by atoms with Gasteiger partial charge in [-0.2, -0.15) is 27.4 Å². The van der Waals surface area contributed by atoms with E-state index < -0.39 is 86.1 Å². The number of carbonyl (C=O) groups excluding carboxylic acids is 6. The van der Waals surface area contributed by atoms with Crippen LogP contribution in [0.3, 0.4) is 0 Å². The van der Waals surface area contributed by atoms with Gasteiger partial charge in [0, 0.05) is 83.1 Å². The minimum atomic E-state index is -5.66. The van der Waals surface area contributed by atoms with Gasteiger partial charge < -0.3 is 97.1 Å². The van der Waals surface area contributed by atoms with Crippen LogP contribution in [0.5, 0.6) is 17.2 Å². The average molecular weight is 1680 g/mol. The molecule has 117 heavy (non-hydrogen) atoms. The van der Waals surface area contributed by atoms with Crippen LogP contribution in [0.1, 0.15) is 79.8 Å². The highest BCUT2D eigenvalue weighted by atomic mass is 32.2. The second-order valence-corrected chi connectivity index (χ2v) is 27.1. The number of benzene rings is 3. The van der Waals surface area contributed by atoms with E-state index in [4.69, 9.17) is 87.6 Å². The molecule has 8 N–H and O–H groups in total. The van der Waals surface area contributed by atoms with Crippen molar-refractivity contribution in [3.63, 3.8) is 0 Å². The summed E-state index contributed by atoms with van der Waals surface area (Å²) in [7, 11) is -4.21. The number of alkyl carbamates (subject to hydrolysis) is 1. The number of methoxy groups -OCH3 is 1. The van der Waals surface area contributed by atoms with Crippen LogP contribution >= 0.6 is 0 Å². The lowest BCUT2D eigenvalue weighted by Crippen LogP contribution is -2.48. The van der Waals surface area contributed by atoms with Crippen LogP contribution in [0.2, 0.25) is 0 Å². The van der Waals surface area contributed by atoms with Crippen LogP contribution in [0.4, 0.5) is 34.3 Å². The van der Waals surface area contributed by atoms with Crippen LogP contribution in [-0.2, 0) is 93.2 Å². The van der Waals surface area contributed by atoms with E-state index in [-0.39, 0.29) is 94.7 Å². The zero-order valence-corrected chi connectivity index (χ0v) is 66.7. The molecule has 0 saturated carbocycles. The Morgan fingerprint density at radius 2 is 0.906 bits per heavy atom. The van der Waals surface area contributed by atoms with Gasteiger partial charge in [-0.1, -0.05) is 12.2 Å². The van der Waals surface area contributed by atoms with Gasteiger partial charge in [0.2, 0.25) is 41.1 Å². The number of anilines is 2. The molecule has 0 spiro atoms. The number of carbonyl (C=O) groups is 6. The van der Waals surface area contributed by atoms with Gasteiger partial charge in [-0.3, -0.25) is 53.4 Å². The molecule has 0 bridgehead atoms. The van der Waals surface area contributed by atoms with Crippen LogP contribution in [0.15, 0.2) is 53.4 Å². The number of halogens is 4. The minimum Gasteiger partial charge on any atom is -0.494 e. The smallest absolute Gasteiger partial charge is 0.407 e. The highest BCUT2D eigenvalue weighted by Gasteiger charge is 2.35. The third-order valence-corrected chi connectivity index (χ3v) is 18.3. The first-order valence-corrected chi connectivity index (χ1v) is 39.2. The third kappa shape index (κ3) is 28.7. The molecule has 7 aromatic rings. The summed E-state index contributed by atoms with van der Waals surface area (Å²) in [4.78, 5) is 89.3. The first kappa shape index (κ1) is 92.6. The number of primary amides is 2. The van der Waals surface area contributed by atoms with Gasteiger partial charge in [0.15, 0.2) is 16.5 Å². The van der Waals surface area contributed by atoms with E-state index >= 15 is 0 Å². The van der Waals surface area contributed by atoms with Gasteiger partial charge in [-0.25, -0.2) is 23.5 Å². The Labute approximate surface area is 671 Å². The number of aryl methyl sites for hydroxylation is 4. The Morgan fingerprint density at radius 3 is 1.30 bits per heavy atom.